The number of nitrogens with one attached hydrogen (secondary N) is 2. The fraction of sp³-hybridized carbons (Fsp3) is 0.171. The van der Waals surface area contributed by atoms with Gasteiger partial charge in [0, 0.05) is 52.1 Å². The number of hydrogen-bond donors (Lipinski definition) is 2. The van der Waals surface area contributed by atoms with Crippen LogP contribution in [0, 0.1) is 32.6 Å². The zero-order valence-corrected chi connectivity index (χ0v) is 24.7. The maximum atomic E-state index is 12.7. The number of nitrogens with zero attached hydrogens (tertiary/aromatic N) is 5. The molecule has 5 aromatic heterocycles. The SMILES string of the molecule is CNC(C)C(=O)Nc1ccc(-c2c(-c3cccnc3C)nc3cc(C)ccn23)c(C#Cc2ccc3c(C)nccc3c2)n1. The maximum absolute atomic E-state index is 12.7. The first kappa shape index (κ1) is 27.8. The number of pyridine rings is 4. The van der Waals surface area contributed by atoms with Crippen LogP contribution in [0.4, 0.5) is 5.82 Å². The van der Waals surface area contributed by atoms with E-state index in [2.05, 4.69) is 55.0 Å². The molecule has 6 rings (SSSR count). The molecule has 212 valence electrons. The summed E-state index contributed by atoms with van der Waals surface area (Å²) < 4.78 is 2.06. The van der Waals surface area contributed by atoms with Gasteiger partial charge in [0.05, 0.1) is 17.4 Å². The van der Waals surface area contributed by atoms with Crippen molar-refractivity contribution in [2.75, 3.05) is 12.4 Å². The van der Waals surface area contributed by atoms with Gasteiger partial charge in [0.25, 0.3) is 0 Å². The summed E-state index contributed by atoms with van der Waals surface area (Å²) in [5.41, 5.74) is 8.49. The summed E-state index contributed by atoms with van der Waals surface area (Å²) in [5.74, 6) is 6.88. The molecule has 1 amide bonds. The Bertz CT molecular complexity index is 2080. The first-order chi connectivity index (χ1) is 20.8. The van der Waals surface area contributed by atoms with Crippen molar-refractivity contribution < 1.29 is 4.79 Å². The summed E-state index contributed by atoms with van der Waals surface area (Å²) in [5, 5.41) is 8.04. The maximum Gasteiger partial charge on any atom is 0.242 e. The summed E-state index contributed by atoms with van der Waals surface area (Å²) in [6.45, 7) is 7.82. The molecule has 0 radical (unpaired) electrons. The van der Waals surface area contributed by atoms with Gasteiger partial charge in [-0.25, -0.2) is 9.97 Å². The van der Waals surface area contributed by atoms with Gasteiger partial charge >= 0.3 is 0 Å². The summed E-state index contributed by atoms with van der Waals surface area (Å²) in [6.07, 6.45) is 5.60. The van der Waals surface area contributed by atoms with E-state index < -0.39 is 0 Å². The molecule has 0 aliphatic rings. The minimum atomic E-state index is -0.381. The second kappa shape index (κ2) is 11.5. The van der Waals surface area contributed by atoms with Crippen molar-refractivity contribution in [1.82, 2.24) is 29.7 Å². The molecule has 5 heterocycles. The Labute approximate surface area is 250 Å². The van der Waals surface area contributed by atoms with Gasteiger partial charge < -0.3 is 10.6 Å². The summed E-state index contributed by atoms with van der Waals surface area (Å²) >= 11 is 0. The zero-order chi connectivity index (χ0) is 30.1. The first-order valence-corrected chi connectivity index (χ1v) is 14.1. The van der Waals surface area contributed by atoms with E-state index in [0.29, 0.717) is 11.5 Å². The van der Waals surface area contributed by atoms with Gasteiger partial charge in [-0.2, -0.15) is 0 Å². The van der Waals surface area contributed by atoms with Crippen LogP contribution in [-0.2, 0) is 4.79 Å². The van der Waals surface area contributed by atoms with Crippen molar-refractivity contribution in [3.8, 4) is 34.4 Å². The number of amides is 1. The van der Waals surface area contributed by atoms with Crippen molar-refractivity contribution >= 4 is 28.1 Å². The van der Waals surface area contributed by atoms with Gasteiger partial charge in [0.1, 0.15) is 17.2 Å². The van der Waals surface area contributed by atoms with Crippen LogP contribution in [0.1, 0.15) is 35.1 Å². The van der Waals surface area contributed by atoms with Crippen LogP contribution in [0.2, 0.25) is 0 Å². The Morgan fingerprint density at radius 2 is 1.72 bits per heavy atom. The summed E-state index contributed by atoms with van der Waals surface area (Å²) in [7, 11) is 1.74. The minimum Gasteiger partial charge on any atom is -0.309 e. The van der Waals surface area contributed by atoms with Crippen molar-refractivity contribution in [2.45, 2.75) is 33.7 Å². The van der Waals surface area contributed by atoms with Crippen LogP contribution in [0.15, 0.2) is 79.3 Å². The monoisotopic (exact) mass is 565 g/mol. The van der Waals surface area contributed by atoms with Crippen LogP contribution >= 0.6 is 0 Å². The third kappa shape index (κ3) is 5.46. The van der Waals surface area contributed by atoms with Crippen LogP contribution in [0.5, 0.6) is 0 Å². The third-order valence-electron chi connectivity index (χ3n) is 7.56. The van der Waals surface area contributed by atoms with Gasteiger partial charge in [0.2, 0.25) is 5.91 Å². The molecule has 0 fully saturated rings. The normalized spacial score (nSPS) is 11.7. The van der Waals surface area contributed by atoms with E-state index in [0.717, 1.165) is 61.4 Å². The predicted molar refractivity (Wildman–Crippen MR) is 171 cm³/mol. The van der Waals surface area contributed by atoms with Gasteiger partial charge in [0.15, 0.2) is 0 Å². The molecule has 6 aromatic rings. The lowest BCUT2D eigenvalue weighted by Crippen LogP contribution is -2.35. The fourth-order valence-electron chi connectivity index (χ4n) is 5.05. The number of benzene rings is 1. The van der Waals surface area contributed by atoms with Crippen molar-refractivity contribution in [3.63, 3.8) is 0 Å². The highest BCUT2D eigenvalue weighted by Crippen LogP contribution is 2.36. The van der Waals surface area contributed by atoms with Crippen molar-refractivity contribution in [3.05, 3.63) is 107 Å². The highest BCUT2D eigenvalue weighted by molar-refractivity contribution is 5.94. The molecule has 0 saturated carbocycles. The van der Waals surface area contributed by atoms with Gasteiger partial charge in [-0.1, -0.05) is 12.0 Å². The lowest BCUT2D eigenvalue weighted by Gasteiger charge is -2.13. The summed E-state index contributed by atoms with van der Waals surface area (Å²) in [4.78, 5) is 31.5. The number of carbonyl (C=O) groups excluding carboxylic acids is 1. The highest BCUT2D eigenvalue weighted by atomic mass is 16.2. The smallest absolute Gasteiger partial charge is 0.242 e. The van der Waals surface area contributed by atoms with Crippen LogP contribution in [-0.4, -0.2) is 43.3 Å². The molecule has 0 bridgehead atoms. The van der Waals surface area contributed by atoms with E-state index in [-0.39, 0.29) is 11.9 Å². The Morgan fingerprint density at radius 3 is 2.53 bits per heavy atom. The minimum absolute atomic E-state index is 0.183. The number of hydrogen-bond acceptors (Lipinski definition) is 6. The quantitative estimate of drug-likeness (QED) is 0.254. The van der Waals surface area contributed by atoms with Crippen LogP contribution in [0.25, 0.3) is 38.9 Å². The lowest BCUT2D eigenvalue weighted by atomic mass is 10.0. The molecular weight excluding hydrogens is 534 g/mol. The average molecular weight is 566 g/mol. The molecule has 8 heteroatoms. The van der Waals surface area contributed by atoms with E-state index in [1.54, 1.807) is 32.4 Å². The third-order valence-corrected chi connectivity index (χ3v) is 7.56. The largest absolute Gasteiger partial charge is 0.309 e. The molecule has 43 heavy (non-hydrogen) atoms. The number of fused-ring (bicyclic) bond motifs is 2. The van der Waals surface area contributed by atoms with E-state index in [1.165, 1.54) is 0 Å². The zero-order valence-electron chi connectivity index (χ0n) is 24.7. The highest BCUT2D eigenvalue weighted by Gasteiger charge is 2.21. The topological polar surface area (TPSA) is 97.1 Å². The van der Waals surface area contributed by atoms with E-state index in [9.17, 15) is 4.79 Å². The molecule has 0 saturated heterocycles. The van der Waals surface area contributed by atoms with Crippen molar-refractivity contribution in [1.29, 1.82) is 0 Å². The Hall–Kier alpha value is -5.39. The van der Waals surface area contributed by atoms with E-state index in [4.69, 9.17) is 9.97 Å². The molecule has 0 aliphatic carbocycles. The van der Waals surface area contributed by atoms with E-state index >= 15 is 0 Å². The Morgan fingerprint density at radius 1 is 0.884 bits per heavy atom. The Balaban J connectivity index is 1.56. The number of imidazole rings is 1. The first-order valence-electron chi connectivity index (χ1n) is 14.1. The molecule has 2 N–H and O–H groups in total. The standard InChI is InChI=1S/C35H31N7O/c1-21-15-18-42-32(19-21)41-33(28-7-6-16-37-23(28)3)34(42)29-11-13-31(40-35(43)24(4)36-5)39-30(29)12-9-25-8-10-27-22(2)38-17-14-26(27)20-25/h6-8,10-11,13-20,24,36H,1-5H3,(H,39,40,43). The molecule has 1 atom stereocenters. The number of carbonyl (C=O) groups is 1. The number of aryl methyl sites for hydroxylation is 3. The van der Waals surface area contributed by atoms with Crippen LogP contribution < -0.4 is 10.6 Å². The van der Waals surface area contributed by atoms with Crippen molar-refractivity contribution in [2.24, 2.45) is 0 Å². The number of likely N-dealkylation sites (N-methyl/N-ethyl adjacent to an activating group) is 1. The predicted octanol–water partition coefficient (Wildman–Crippen LogP) is 5.88. The second-order valence-electron chi connectivity index (χ2n) is 10.6. The number of aromatic nitrogens is 5. The second-order valence-corrected chi connectivity index (χ2v) is 10.6. The van der Waals surface area contributed by atoms with Crippen LogP contribution in [0.3, 0.4) is 0 Å². The number of anilines is 1. The molecule has 1 unspecified atom stereocenters. The van der Waals surface area contributed by atoms with Gasteiger partial charge in [-0.15, -0.1) is 0 Å². The Kier molecular flexibility index (Phi) is 7.41. The summed E-state index contributed by atoms with van der Waals surface area (Å²) in [6, 6.07) is 19.5. The fourth-order valence-corrected chi connectivity index (χ4v) is 5.05. The number of rotatable bonds is 5. The average Bonchev–Trinajstić information content (AvgIpc) is 3.37. The molecule has 0 spiro atoms. The van der Waals surface area contributed by atoms with Gasteiger partial charge in [-0.05, 0) is 106 Å². The molecule has 1 aromatic carbocycles. The molecule has 8 nitrogen and oxygen atoms in total. The van der Waals surface area contributed by atoms with E-state index in [1.807, 2.05) is 63.4 Å². The van der Waals surface area contributed by atoms with Gasteiger partial charge in [-0.3, -0.25) is 19.2 Å². The molecular formula is C35H31N7O. The lowest BCUT2D eigenvalue weighted by molar-refractivity contribution is -0.117. The molecule has 0 aliphatic heterocycles.